The van der Waals surface area contributed by atoms with Crippen molar-refractivity contribution in [2.45, 2.75) is 39.6 Å². The van der Waals surface area contributed by atoms with Gasteiger partial charge in [0.25, 0.3) is 0 Å². The van der Waals surface area contributed by atoms with Crippen molar-refractivity contribution in [2.24, 2.45) is 5.41 Å². The second-order valence-electron chi connectivity index (χ2n) is 4.08. The summed E-state index contributed by atoms with van der Waals surface area (Å²) < 4.78 is 61.2. The summed E-state index contributed by atoms with van der Waals surface area (Å²) in [5.74, 6) is -0.274. The van der Waals surface area contributed by atoms with Gasteiger partial charge in [0.05, 0.1) is 0 Å². The predicted octanol–water partition coefficient (Wildman–Crippen LogP) is 3.19. The molecule has 0 aromatic carbocycles. The van der Waals surface area contributed by atoms with E-state index in [-0.39, 0.29) is 5.76 Å². The van der Waals surface area contributed by atoms with Crippen molar-refractivity contribution in [3.8, 4) is 0 Å². The van der Waals surface area contributed by atoms with Crippen LogP contribution in [0.2, 0.25) is 0 Å². The highest BCUT2D eigenvalue weighted by Gasteiger charge is 2.48. The molecule has 0 saturated heterocycles. The van der Waals surface area contributed by atoms with Crippen LogP contribution in [0.1, 0.15) is 34.1 Å². The van der Waals surface area contributed by atoms with Crippen molar-refractivity contribution in [1.82, 2.24) is 0 Å². The molecule has 0 spiro atoms. The van der Waals surface area contributed by atoms with Gasteiger partial charge in [-0.3, -0.25) is 0 Å². The Morgan fingerprint density at radius 2 is 1.75 bits per heavy atom. The summed E-state index contributed by atoms with van der Waals surface area (Å²) in [4.78, 5) is 0. The second-order valence-corrected chi connectivity index (χ2v) is 5.62. The topological polar surface area (TPSA) is 43.4 Å². The zero-order valence-electron chi connectivity index (χ0n) is 9.55. The Morgan fingerprint density at radius 3 is 2.06 bits per heavy atom. The number of alkyl halides is 3. The van der Waals surface area contributed by atoms with Gasteiger partial charge in [0, 0.05) is 0 Å². The molecular weight excluding hydrogens is 245 g/mol. The molecule has 0 atom stereocenters. The van der Waals surface area contributed by atoms with E-state index in [4.69, 9.17) is 0 Å². The highest BCUT2D eigenvalue weighted by atomic mass is 32.2. The molecule has 0 aliphatic rings. The summed E-state index contributed by atoms with van der Waals surface area (Å²) in [5, 5.41) is 0. The minimum Gasteiger partial charge on any atom is -0.381 e. The van der Waals surface area contributed by atoms with Gasteiger partial charge in [-0.15, -0.1) is 0 Å². The van der Waals surface area contributed by atoms with Gasteiger partial charge >= 0.3 is 15.6 Å². The normalized spacial score (nSPS) is 15.1. The number of rotatable bonds is 4. The summed E-state index contributed by atoms with van der Waals surface area (Å²) in [6.07, 6.45) is 2.01. The highest BCUT2D eigenvalue weighted by Crippen LogP contribution is 2.29. The SMILES string of the molecule is CCC(C)(C)/C=C(\C)OS(=O)(=O)C(F)(F)F. The zero-order valence-corrected chi connectivity index (χ0v) is 10.4. The maximum atomic E-state index is 12.0. The molecule has 0 radical (unpaired) electrons. The summed E-state index contributed by atoms with van der Waals surface area (Å²) in [6.45, 7) is 6.54. The molecule has 0 aliphatic carbocycles. The fraction of sp³-hybridized carbons (Fsp3) is 0.778. The first-order chi connectivity index (χ1) is 6.91. The number of hydrogen-bond donors (Lipinski definition) is 0. The summed E-state index contributed by atoms with van der Waals surface area (Å²) in [5.41, 5.74) is -5.80. The Hall–Kier alpha value is -0.720. The summed E-state index contributed by atoms with van der Waals surface area (Å²) in [6, 6.07) is 0. The number of hydrogen-bond acceptors (Lipinski definition) is 3. The highest BCUT2D eigenvalue weighted by molar-refractivity contribution is 7.87. The lowest BCUT2D eigenvalue weighted by molar-refractivity contribution is -0.0522. The van der Waals surface area contributed by atoms with Gasteiger partial charge < -0.3 is 4.18 Å². The van der Waals surface area contributed by atoms with Crippen molar-refractivity contribution in [1.29, 1.82) is 0 Å². The Morgan fingerprint density at radius 1 is 1.31 bits per heavy atom. The smallest absolute Gasteiger partial charge is 0.381 e. The molecule has 0 aliphatic heterocycles. The average Bonchev–Trinajstić information content (AvgIpc) is 1.99. The van der Waals surface area contributed by atoms with E-state index in [0.29, 0.717) is 6.42 Å². The molecule has 0 rings (SSSR count). The molecule has 0 saturated carbocycles. The van der Waals surface area contributed by atoms with Crippen LogP contribution in [0.15, 0.2) is 11.8 Å². The van der Waals surface area contributed by atoms with E-state index in [1.807, 2.05) is 6.92 Å². The number of allylic oxidation sites excluding steroid dienone is 2. The van der Waals surface area contributed by atoms with Crippen LogP contribution in [0.3, 0.4) is 0 Å². The van der Waals surface area contributed by atoms with E-state index in [2.05, 4.69) is 4.18 Å². The third-order valence-electron chi connectivity index (χ3n) is 2.03. The molecule has 3 nitrogen and oxygen atoms in total. The Labute approximate surface area is 93.4 Å². The van der Waals surface area contributed by atoms with Crippen LogP contribution in [-0.2, 0) is 14.3 Å². The summed E-state index contributed by atoms with van der Waals surface area (Å²) >= 11 is 0. The Balaban J connectivity index is 4.91. The van der Waals surface area contributed by atoms with Gasteiger partial charge in [0.1, 0.15) is 5.76 Å². The third kappa shape index (κ3) is 4.42. The van der Waals surface area contributed by atoms with Gasteiger partial charge in [0.2, 0.25) is 0 Å². The van der Waals surface area contributed by atoms with Crippen LogP contribution in [-0.4, -0.2) is 13.9 Å². The van der Waals surface area contributed by atoms with Gasteiger partial charge in [-0.2, -0.15) is 21.6 Å². The second kappa shape index (κ2) is 4.65. The first kappa shape index (κ1) is 15.3. The van der Waals surface area contributed by atoms with Crippen molar-refractivity contribution in [3.63, 3.8) is 0 Å². The molecule has 0 N–H and O–H groups in total. The first-order valence-corrected chi connectivity index (χ1v) is 6.02. The van der Waals surface area contributed by atoms with Crippen LogP contribution in [0.4, 0.5) is 13.2 Å². The standard InChI is InChI=1S/C9H15F3O3S/c1-5-8(3,4)6-7(2)15-16(13,14)9(10,11)12/h6H,5H2,1-4H3/b7-6+. The molecule has 16 heavy (non-hydrogen) atoms. The molecule has 0 amide bonds. The quantitative estimate of drug-likeness (QED) is 0.443. The molecular formula is C9H15F3O3S. The lowest BCUT2D eigenvalue weighted by Crippen LogP contribution is -2.25. The van der Waals surface area contributed by atoms with E-state index in [0.717, 1.165) is 0 Å². The van der Waals surface area contributed by atoms with Crippen LogP contribution in [0.25, 0.3) is 0 Å². The van der Waals surface area contributed by atoms with Gasteiger partial charge in [-0.25, -0.2) is 0 Å². The minimum atomic E-state index is -5.55. The minimum absolute atomic E-state index is 0.274. The Bertz CT molecular complexity index is 366. The van der Waals surface area contributed by atoms with Gasteiger partial charge in [0.15, 0.2) is 0 Å². The number of halogens is 3. The third-order valence-corrected chi connectivity index (χ3v) is 3.08. The first-order valence-electron chi connectivity index (χ1n) is 4.61. The molecule has 0 unspecified atom stereocenters. The largest absolute Gasteiger partial charge is 0.534 e. The predicted molar refractivity (Wildman–Crippen MR) is 53.9 cm³/mol. The van der Waals surface area contributed by atoms with Crippen LogP contribution >= 0.6 is 0 Å². The average molecular weight is 260 g/mol. The lowest BCUT2D eigenvalue weighted by Gasteiger charge is -2.19. The van der Waals surface area contributed by atoms with Crippen LogP contribution < -0.4 is 0 Å². The Kier molecular flexibility index (Phi) is 4.44. The molecule has 96 valence electrons. The molecule has 7 heteroatoms. The molecule has 0 heterocycles. The van der Waals surface area contributed by atoms with Gasteiger partial charge in [-0.1, -0.05) is 20.8 Å². The molecule has 0 aromatic heterocycles. The maximum absolute atomic E-state index is 12.0. The molecule has 0 aromatic rings. The molecule has 0 bridgehead atoms. The van der Waals surface area contributed by atoms with Crippen molar-refractivity contribution >= 4 is 10.1 Å². The zero-order chi connectivity index (χ0) is 13.2. The van der Waals surface area contributed by atoms with Crippen molar-refractivity contribution < 1.29 is 25.8 Å². The van der Waals surface area contributed by atoms with Crippen LogP contribution in [0, 0.1) is 5.41 Å². The van der Waals surface area contributed by atoms with Crippen LogP contribution in [0.5, 0.6) is 0 Å². The van der Waals surface area contributed by atoms with E-state index in [1.165, 1.54) is 13.0 Å². The van der Waals surface area contributed by atoms with E-state index in [9.17, 15) is 21.6 Å². The fourth-order valence-corrected chi connectivity index (χ4v) is 1.39. The van der Waals surface area contributed by atoms with Crippen molar-refractivity contribution in [3.05, 3.63) is 11.8 Å². The monoisotopic (exact) mass is 260 g/mol. The lowest BCUT2D eigenvalue weighted by atomic mass is 9.90. The maximum Gasteiger partial charge on any atom is 0.534 e. The van der Waals surface area contributed by atoms with Gasteiger partial charge in [-0.05, 0) is 24.8 Å². The summed E-state index contributed by atoms with van der Waals surface area (Å²) in [7, 11) is -5.55. The van der Waals surface area contributed by atoms with E-state index in [1.54, 1.807) is 13.8 Å². The fourth-order valence-electron chi connectivity index (χ4n) is 0.897. The van der Waals surface area contributed by atoms with E-state index < -0.39 is 21.0 Å². The molecule has 0 fully saturated rings. The van der Waals surface area contributed by atoms with Crippen molar-refractivity contribution in [2.75, 3.05) is 0 Å². The van der Waals surface area contributed by atoms with E-state index >= 15 is 0 Å².